The molecule has 4 heteroatoms. The number of ketones is 1. The zero-order valence-electron chi connectivity index (χ0n) is 12.6. The second kappa shape index (κ2) is 5.91. The minimum Gasteiger partial charge on any atom is -0.497 e. The first-order valence-electron chi connectivity index (χ1n) is 7.68. The minimum atomic E-state index is -0.712. The molecule has 0 spiro atoms. The molecule has 1 aromatic rings. The quantitative estimate of drug-likeness (QED) is 0.805. The molecular formula is C17H22O3S. The smallest absolute Gasteiger partial charge is 0.166 e. The van der Waals surface area contributed by atoms with E-state index in [-0.39, 0.29) is 22.2 Å². The molecule has 0 radical (unpaired) electrons. The van der Waals surface area contributed by atoms with Gasteiger partial charge >= 0.3 is 0 Å². The Bertz CT molecular complexity index is 565. The molecule has 114 valence electrons. The van der Waals surface area contributed by atoms with Crippen molar-refractivity contribution in [2.24, 2.45) is 5.92 Å². The van der Waals surface area contributed by atoms with Gasteiger partial charge in [-0.05, 0) is 56.4 Å². The predicted octanol–water partition coefficient (Wildman–Crippen LogP) is 3.27. The standard InChI is InChI=1S/C17H22O3S/c1-11-8-13(20-2)6-7-16(11)17(18)12-9-14-4-3-5-15(10-12)21(14)19/h6-8,12,14-15H,3-5,9-10H2,1-2H3. The molecule has 2 fully saturated rings. The highest BCUT2D eigenvalue weighted by Crippen LogP contribution is 2.38. The fraction of sp³-hybridized carbons (Fsp3) is 0.588. The summed E-state index contributed by atoms with van der Waals surface area (Å²) < 4.78 is 17.4. The van der Waals surface area contributed by atoms with Crippen LogP contribution in [-0.2, 0) is 10.8 Å². The topological polar surface area (TPSA) is 43.4 Å². The van der Waals surface area contributed by atoms with E-state index < -0.39 is 10.8 Å². The maximum atomic E-state index is 12.8. The second-order valence-corrected chi connectivity index (χ2v) is 8.21. The third-order valence-electron chi connectivity index (χ3n) is 4.87. The largest absolute Gasteiger partial charge is 0.497 e. The van der Waals surface area contributed by atoms with Gasteiger partial charge in [0.2, 0.25) is 0 Å². The number of hydrogen-bond donors (Lipinski definition) is 0. The number of hydrogen-bond acceptors (Lipinski definition) is 3. The van der Waals surface area contributed by atoms with Crippen molar-refractivity contribution in [1.29, 1.82) is 0 Å². The number of carbonyl (C=O) groups is 1. The highest BCUT2D eigenvalue weighted by Gasteiger charge is 2.40. The molecule has 3 nitrogen and oxygen atoms in total. The third kappa shape index (κ3) is 2.78. The second-order valence-electron chi connectivity index (χ2n) is 6.22. The number of methoxy groups -OCH3 is 1. The van der Waals surface area contributed by atoms with Crippen LogP contribution in [0.4, 0.5) is 0 Å². The molecule has 0 aliphatic carbocycles. The van der Waals surface area contributed by atoms with Crippen LogP contribution in [0.15, 0.2) is 18.2 Å². The summed E-state index contributed by atoms with van der Waals surface area (Å²) in [6.07, 6.45) is 4.81. The van der Waals surface area contributed by atoms with Crippen molar-refractivity contribution in [1.82, 2.24) is 0 Å². The van der Waals surface area contributed by atoms with E-state index in [0.29, 0.717) is 0 Å². The molecule has 2 aliphatic heterocycles. The molecule has 21 heavy (non-hydrogen) atoms. The number of fused-ring (bicyclic) bond motifs is 2. The van der Waals surface area contributed by atoms with E-state index in [2.05, 4.69) is 0 Å². The lowest BCUT2D eigenvalue weighted by molar-refractivity contribution is 0.0894. The van der Waals surface area contributed by atoms with Gasteiger partial charge in [0.25, 0.3) is 0 Å². The summed E-state index contributed by atoms with van der Waals surface area (Å²) in [5.41, 5.74) is 1.77. The molecule has 3 rings (SSSR count). The molecule has 2 aliphatic rings. The Balaban J connectivity index is 1.81. The average molecular weight is 306 g/mol. The van der Waals surface area contributed by atoms with Gasteiger partial charge in [-0.1, -0.05) is 6.42 Å². The maximum absolute atomic E-state index is 12.8. The molecule has 2 saturated heterocycles. The zero-order valence-corrected chi connectivity index (χ0v) is 13.4. The van der Waals surface area contributed by atoms with Gasteiger partial charge < -0.3 is 4.74 Å². The van der Waals surface area contributed by atoms with Gasteiger partial charge in [-0.15, -0.1) is 0 Å². The summed E-state index contributed by atoms with van der Waals surface area (Å²) in [5, 5.41) is 0.481. The van der Waals surface area contributed by atoms with E-state index in [4.69, 9.17) is 4.74 Å². The lowest BCUT2D eigenvalue weighted by Crippen LogP contribution is -2.41. The van der Waals surface area contributed by atoms with Gasteiger partial charge in [-0.2, -0.15) is 0 Å². The van der Waals surface area contributed by atoms with Crippen LogP contribution >= 0.6 is 0 Å². The van der Waals surface area contributed by atoms with Crippen molar-refractivity contribution < 1.29 is 13.7 Å². The summed E-state index contributed by atoms with van der Waals surface area (Å²) in [5.74, 6) is 1.06. The average Bonchev–Trinajstić information content (AvgIpc) is 2.46. The number of aryl methyl sites for hydroxylation is 1. The van der Waals surface area contributed by atoms with Crippen molar-refractivity contribution in [3.05, 3.63) is 29.3 Å². The fourth-order valence-corrected chi connectivity index (χ4v) is 5.89. The maximum Gasteiger partial charge on any atom is 0.166 e. The SMILES string of the molecule is COc1ccc(C(=O)C2CC3CCCC(C2)S3=O)c(C)c1. The van der Waals surface area contributed by atoms with Crippen molar-refractivity contribution in [2.45, 2.75) is 49.5 Å². The molecule has 2 atom stereocenters. The van der Waals surface area contributed by atoms with E-state index in [0.717, 1.165) is 42.6 Å². The van der Waals surface area contributed by atoms with Crippen LogP contribution in [0.1, 0.15) is 48.0 Å². The van der Waals surface area contributed by atoms with Gasteiger partial charge in [-0.25, -0.2) is 0 Å². The summed E-state index contributed by atoms with van der Waals surface area (Å²) in [7, 11) is 0.921. The Morgan fingerprint density at radius 1 is 1.24 bits per heavy atom. The first-order chi connectivity index (χ1) is 10.1. The van der Waals surface area contributed by atoms with Gasteiger partial charge in [0, 0.05) is 32.8 Å². The van der Waals surface area contributed by atoms with Crippen molar-refractivity contribution in [3.8, 4) is 5.75 Å². The summed E-state index contributed by atoms with van der Waals surface area (Å²) in [6.45, 7) is 1.96. The van der Waals surface area contributed by atoms with Gasteiger partial charge in [0.15, 0.2) is 5.78 Å². The normalized spacial score (nSPS) is 31.7. The van der Waals surface area contributed by atoms with E-state index in [1.54, 1.807) is 7.11 Å². The minimum absolute atomic E-state index is 0.0464. The molecule has 1 aromatic carbocycles. The van der Waals surface area contributed by atoms with Crippen LogP contribution in [0.25, 0.3) is 0 Å². The van der Waals surface area contributed by atoms with E-state index >= 15 is 0 Å². The molecule has 0 N–H and O–H groups in total. The number of Topliss-reactive ketones (excluding diaryl/α,β-unsaturated/α-hetero) is 1. The molecule has 2 unspecified atom stereocenters. The Kier molecular flexibility index (Phi) is 4.16. The molecule has 0 amide bonds. The van der Waals surface area contributed by atoms with Crippen LogP contribution in [0.3, 0.4) is 0 Å². The Morgan fingerprint density at radius 2 is 1.90 bits per heavy atom. The first kappa shape index (κ1) is 14.8. The Morgan fingerprint density at radius 3 is 2.48 bits per heavy atom. The third-order valence-corrected chi connectivity index (χ3v) is 7.04. The zero-order chi connectivity index (χ0) is 15.0. The van der Waals surface area contributed by atoms with E-state index in [1.807, 2.05) is 25.1 Å². The van der Waals surface area contributed by atoms with E-state index in [9.17, 15) is 9.00 Å². The van der Waals surface area contributed by atoms with Crippen LogP contribution in [0.5, 0.6) is 5.75 Å². The monoisotopic (exact) mass is 306 g/mol. The lowest BCUT2D eigenvalue weighted by atomic mass is 9.83. The van der Waals surface area contributed by atoms with Gasteiger partial charge in [0.1, 0.15) is 5.75 Å². The summed E-state index contributed by atoms with van der Waals surface area (Å²) in [6, 6.07) is 5.63. The van der Waals surface area contributed by atoms with Crippen LogP contribution < -0.4 is 4.74 Å². The van der Waals surface area contributed by atoms with E-state index in [1.165, 1.54) is 6.42 Å². The van der Waals surface area contributed by atoms with Crippen LogP contribution in [0, 0.1) is 12.8 Å². The van der Waals surface area contributed by atoms with Gasteiger partial charge in [-0.3, -0.25) is 9.00 Å². The highest BCUT2D eigenvalue weighted by molar-refractivity contribution is 7.86. The summed E-state index contributed by atoms with van der Waals surface area (Å²) in [4.78, 5) is 12.8. The van der Waals surface area contributed by atoms with Crippen molar-refractivity contribution in [2.75, 3.05) is 7.11 Å². The number of carbonyl (C=O) groups excluding carboxylic acids is 1. The molecule has 2 bridgehead atoms. The van der Waals surface area contributed by atoms with Crippen LogP contribution in [0.2, 0.25) is 0 Å². The van der Waals surface area contributed by atoms with Crippen molar-refractivity contribution in [3.63, 3.8) is 0 Å². The highest BCUT2D eigenvalue weighted by atomic mass is 32.2. The number of ether oxygens (including phenoxy) is 1. The van der Waals surface area contributed by atoms with Crippen LogP contribution in [-0.4, -0.2) is 27.6 Å². The number of benzene rings is 1. The molecule has 0 aromatic heterocycles. The van der Waals surface area contributed by atoms with Crippen molar-refractivity contribution >= 4 is 16.6 Å². The predicted molar refractivity (Wildman–Crippen MR) is 84.4 cm³/mol. The molecule has 2 heterocycles. The lowest BCUT2D eigenvalue weighted by Gasteiger charge is -2.37. The number of rotatable bonds is 3. The summed E-state index contributed by atoms with van der Waals surface area (Å²) >= 11 is 0. The Labute approximate surface area is 128 Å². The van der Waals surface area contributed by atoms with Gasteiger partial charge in [0.05, 0.1) is 7.11 Å². The fourth-order valence-electron chi connectivity index (χ4n) is 3.71. The molecule has 0 saturated carbocycles. The first-order valence-corrected chi connectivity index (χ1v) is 8.96. The Hall–Kier alpha value is -1.16. The molecular weight excluding hydrogens is 284 g/mol.